The first kappa shape index (κ1) is 19.3. The van der Waals surface area contributed by atoms with Gasteiger partial charge in [-0.2, -0.15) is 0 Å². The van der Waals surface area contributed by atoms with E-state index in [1.807, 2.05) is 13.8 Å². The number of hydrogen-bond donors (Lipinski definition) is 1. The summed E-state index contributed by atoms with van der Waals surface area (Å²) in [7, 11) is 0. The number of carbonyl (C=O) groups excluding carboxylic acids is 1. The van der Waals surface area contributed by atoms with Crippen LogP contribution in [0, 0.1) is 10.1 Å². The molecule has 0 aliphatic rings. The first-order chi connectivity index (χ1) is 9.45. The number of hydrogen-bond acceptors (Lipinski definition) is 4. The molecule has 0 unspecified atom stereocenters. The summed E-state index contributed by atoms with van der Waals surface area (Å²) in [6.45, 7) is 4.85. The summed E-state index contributed by atoms with van der Waals surface area (Å²) >= 11 is 0. The number of nitrogens with zero attached hydrogens (tertiary/aromatic N) is 2. The topological polar surface area (TPSA) is 89.5 Å². The molecule has 0 bridgehead atoms. The number of non-ortho nitro benzene ring substituents is 1. The average molecular weight is 316 g/mol. The number of amides is 1. The van der Waals surface area contributed by atoms with E-state index >= 15 is 0 Å². The minimum atomic E-state index is -0.434. The smallest absolute Gasteiger partial charge is 0.269 e. The molecule has 1 aromatic rings. The number of nitro groups is 1. The number of carbonyl (C=O) groups is 1. The Morgan fingerprint density at radius 2 is 1.90 bits per heavy atom. The van der Waals surface area contributed by atoms with Gasteiger partial charge in [-0.3, -0.25) is 14.9 Å². The van der Waals surface area contributed by atoms with Gasteiger partial charge in [0.2, 0.25) is 5.91 Å². The number of rotatable bonds is 7. The summed E-state index contributed by atoms with van der Waals surface area (Å²) in [6, 6.07) is 6.36. The van der Waals surface area contributed by atoms with Crippen LogP contribution in [0.15, 0.2) is 24.3 Å². The second-order valence-electron chi connectivity index (χ2n) is 4.93. The highest BCUT2D eigenvalue weighted by molar-refractivity contribution is 5.85. The van der Waals surface area contributed by atoms with Crippen LogP contribution >= 0.6 is 12.4 Å². The molecule has 0 heterocycles. The normalized spacial score (nSPS) is 10.1. The predicted octanol–water partition coefficient (Wildman–Crippen LogP) is 2.49. The third-order valence-corrected chi connectivity index (χ3v) is 3.04. The third kappa shape index (κ3) is 6.10. The van der Waals surface area contributed by atoms with Gasteiger partial charge in [-0.1, -0.05) is 12.1 Å². The van der Waals surface area contributed by atoms with Crippen LogP contribution in [0.25, 0.3) is 0 Å². The molecule has 0 aliphatic carbocycles. The summed E-state index contributed by atoms with van der Waals surface area (Å²) < 4.78 is 0. The summed E-state index contributed by atoms with van der Waals surface area (Å²) in [6.07, 6.45) is 1.10. The van der Waals surface area contributed by atoms with Crippen molar-refractivity contribution in [3.8, 4) is 0 Å². The molecule has 0 spiro atoms. The van der Waals surface area contributed by atoms with E-state index in [1.165, 1.54) is 12.1 Å². The molecule has 1 amide bonds. The van der Waals surface area contributed by atoms with Crippen molar-refractivity contribution in [2.75, 3.05) is 6.54 Å². The summed E-state index contributed by atoms with van der Waals surface area (Å²) in [4.78, 5) is 24.0. The molecule has 6 nitrogen and oxygen atoms in total. The quantitative estimate of drug-likeness (QED) is 0.618. The van der Waals surface area contributed by atoms with Gasteiger partial charge in [-0.15, -0.1) is 12.4 Å². The lowest BCUT2D eigenvalue weighted by atomic mass is 10.1. The fourth-order valence-corrected chi connectivity index (χ4v) is 1.88. The second-order valence-corrected chi connectivity index (χ2v) is 4.93. The van der Waals surface area contributed by atoms with E-state index in [0.29, 0.717) is 25.9 Å². The standard InChI is InChI=1S/C14H21N3O3.ClH/c1-11(2)16(14(18)4-3-9-15)10-12-5-7-13(8-6-12)17(19)20;/h5-8,11H,3-4,9-10,15H2,1-2H3;1H. The zero-order valence-corrected chi connectivity index (χ0v) is 13.1. The Balaban J connectivity index is 0.00000400. The van der Waals surface area contributed by atoms with Gasteiger partial charge in [-0.25, -0.2) is 0 Å². The highest BCUT2D eigenvalue weighted by Gasteiger charge is 2.17. The maximum Gasteiger partial charge on any atom is 0.269 e. The molecule has 7 heteroatoms. The van der Waals surface area contributed by atoms with Gasteiger partial charge in [0.05, 0.1) is 4.92 Å². The minimum Gasteiger partial charge on any atom is -0.336 e. The van der Waals surface area contributed by atoms with Crippen molar-refractivity contribution >= 4 is 24.0 Å². The Kier molecular flexibility index (Phi) is 8.57. The molecule has 118 valence electrons. The molecule has 21 heavy (non-hydrogen) atoms. The lowest BCUT2D eigenvalue weighted by Crippen LogP contribution is -2.36. The monoisotopic (exact) mass is 315 g/mol. The lowest BCUT2D eigenvalue weighted by molar-refractivity contribution is -0.384. The summed E-state index contributed by atoms with van der Waals surface area (Å²) in [5.74, 6) is 0.0591. The van der Waals surface area contributed by atoms with E-state index in [2.05, 4.69) is 0 Å². The van der Waals surface area contributed by atoms with Gasteiger partial charge < -0.3 is 10.6 Å². The summed E-state index contributed by atoms with van der Waals surface area (Å²) in [5, 5.41) is 10.6. The Hall–Kier alpha value is -1.66. The first-order valence-electron chi connectivity index (χ1n) is 6.68. The van der Waals surface area contributed by atoms with Crippen molar-refractivity contribution < 1.29 is 9.72 Å². The minimum absolute atomic E-state index is 0. The second kappa shape index (κ2) is 9.31. The molecule has 0 aliphatic heterocycles. The zero-order valence-electron chi connectivity index (χ0n) is 12.3. The number of nitrogens with two attached hydrogens (primary N) is 1. The van der Waals surface area contributed by atoms with Gasteiger partial charge in [0.25, 0.3) is 5.69 Å². The van der Waals surface area contributed by atoms with Crippen LogP contribution in [0.1, 0.15) is 32.3 Å². The fraction of sp³-hybridized carbons (Fsp3) is 0.500. The lowest BCUT2D eigenvalue weighted by Gasteiger charge is -2.27. The fourth-order valence-electron chi connectivity index (χ4n) is 1.88. The molecular formula is C14H22ClN3O3. The van der Waals surface area contributed by atoms with Crippen LogP contribution in [0.3, 0.4) is 0 Å². The van der Waals surface area contributed by atoms with E-state index in [0.717, 1.165) is 5.56 Å². The molecule has 0 atom stereocenters. The van der Waals surface area contributed by atoms with E-state index in [4.69, 9.17) is 5.73 Å². The third-order valence-electron chi connectivity index (χ3n) is 3.04. The van der Waals surface area contributed by atoms with Gasteiger partial charge in [0.1, 0.15) is 0 Å². The van der Waals surface area contributed by atoms with Crippen LogP contribution in [0.2, 0.25) is 0 Å². The predicted molar refractivity (Wildman–Crippen MR) is 84.3 cm³/mol. The van der Waals surface area contributed by atoms with Crippen molar-refractivity contribution in [2.24, 2.45) is 5.73 Å². The molecule has 1 aromatic carbocycles. The van der Waals surface area contributed by atoms with E-state index in [-0.39, 0.29) is 30.0 Å². The Bertz CT molecular complexity index is 463. The Morgan fingerprint density at radius 3 is 2.33 bits per heavy atom. The van der Waals surface area contributed by atoms with Crippen molar-refractivity contribution in [1.82, 2.24) is 4.90 Å². The van der Waals surface area contributed by atoms with Crippen molar-refractivity contribution in [3.63, 3.8) is 0 Å². The molecule has 0 aromatic heterocycles. The van der Waals surface area contributed by atoms with Gasteiger partial charge in [0.15, 0.2) is 0 Å². The zero-order chi connectivity index (χ0) is 15.1. The van der Waals surface area contributed by atoms with Crippen LogP contribution in [0.4, 0.5) is 5.69 Å². The molecule has 0 fully saturated rings. The van der Waals surface area contributed by atoms with Crippen LogP contribution in [0.5, 0.6) is 0 Å². The molecule has 1 rings (SSSR count). The first-order valence-corrected chi connectivity index (χ1v) is 6.68. The van der Waals surface area contributed by atoms with Crippen LogP contribution < -0.4 is 5.73 Å². The summed E-state index contributed by atoms with van der Waals surface area (Å²) in [5.41, 5.74) is 6.35. The number of halogens is 1. The van der Waals surface area contributed by atoms with E-state index < -0.39 is 4.92 Å². The Labute approximate surface area is 130 Å². The SMILES string of the molecule is CC(C)N(Cc1ccc([N+](=O)[O-])cc1)C(=O)CCCN.Cl. The molecule has 2 N–H and O–H groups in total. The van der Waals surface area contributed by atoms with Crippen molar-refractivity contribution in [1.29, 1.82) is 0 Å². The molecular weight excluding hydrogens is 294 g/mol. The van der Waals surface area contributed by atoms with E-state index in [1.54, 1.807) is 17.0 Å². The number of benzene rings is 1. The van der Waals surface area contributed by atoms with E-state index in [9.17, 15) is 14.9 Å². The van der Waals surface area contributed by atoms with Gasteiger partial charge >= 0.3 is 0 Å². The van der Waals surface area contributed by atoms with Crippen molar-refractivity contribution in [3.05, 3.63) is 39.9 Å². The van der Waals surface area contributed by atoms with Crippen LogP contribution in [-0.4, -0.2) is 28.3 Å². The molecule has 0 radical (unpaired) electrons. The Morgan fingerprint density at radius 1 is 1.33 bits per heavy atom. The maximum absolute atomic E-state index is 12.1. The largest absolute Gasteiger partial charge is 0.336 e. The molecule has 0 saturated carbocycles. The van der Waals surface area contributed by atoms with Gasteiger partial charge in [-0.05, 0) is 32.4 Å². The highest BCUT2D eigenvalue weighted by atomic mass is 35.5. The van der Waals surface area contributed by atoms with Crippen LogP contribution in [-0.2, 0) is 11.3 Å². The van der Waals surface area contributed by atoms with Crippen molar-refractivity contribution in [2.45, 2.75) is 39.3 Å². The average Bonchev–Trinajstić information content (AvgIpc) is 2.42. The highest BCUT2D eigenvalue weighted by Crippen LogP contribution is 2.15. The van der Waals surface area contributed by atoms with Gasteiger partial charge in [0, 0.05) is 31.1 Å². The molecule has 0 saturated heterocycles. The number of nitro benzene ring substituents is 1. The maximum atomic E-state index is 12.1.